The van der Waals surface area contributed by atoms with Crippen molar-refractivity contribution in [1.82, 2.24) is 5.32 Å². The van der Waals surface area contributed by atoms with Gasteiger partial charge in [0.15, 0.2) is 0 Å². The van der Waals surface area contributed by atoms with Crippen molar-refractivity contribution in [3.05, 3.63) is 0 Å². The van der Waals surface area contributed by atoms with Gasteiger partial charge in [0, 0.05) is 13.1 Å². The number of esters is 1. The number of ether oxygens (including phenoxy) is 1. The summed E-state index contributed by atoms with van der Waals surface area (Å²) in [6.07, 6.45) is 13.0. The van der Waals surface area contributed by atoms with Crippen LogP contribution >= 0.6 is 0 Å². The summed E-state index contributed by atoms with van der Waals surface area (Å²) in [4.78, 5) is 21.7. The summed E-state index contributed by atoms with van der Waals surface area (Å²) in [5.41, 5.74) is 0. The molecule has 0 fully saturated rings. The Morgan fingerprint density at radius 3 is 1.91 bits per heavy atom. The van der Waals surface area contributed by atoms with Crippen molar-refractivity contribution in [3.8, 4) is 0 Å². The van der Waals surface area contributed by atoms with E-state index in [-0.39, 0.29) is 12.4 Å². The Hall–Kier alpha value is -1.10. The molecular formula is C18H35NO4. The number of unbranched alkanes of at least 4 members (excludes halogenated alkanes) is 9. The van der Waals surface area contributed by atoms with Gasteiger partial charge >= 0.3 is 11.9 Å². The molecule has 0 rings (SSSR count). The molecular weight excluding hydrogens is 294 g/mol. The molecule has 0 aliphatic heterocycles. The van der Waals surface area contributed by atoms with Crippen LogP contribution < -0.4 is 5.32 Å². The lowest BCUT2D eigenvalue weighted by atomic mass is 10.1. The number of rotatable bonds is 17. The molecule has 0 saturated carbocycles. The lowest BCUT2D eigenvalue weighted by molar-refractivity contribution is -0.143. The highest BCUT2D eigenvalue weighted by Crippen LogP contribution is 2.10. The van der Waals surface area contributed by atoms with Crippen LogP contribution in [0.15, 0.2) is 0 Å². The molecule has 0 amide bonds. The molecule has 2 N–H and O–H groups in total. The standard InChI is InChI=1S/C18H35NO4/c1-2-3-4-5-6-7-8-9-10-11-16-23-18(22)13-15-19-14-12-17(20)21/h19H,2-16H2,1H3,(H,20,21). The van der Waals surface area contributed by atoms with Crippen LogP contribution in [0.1, 0.15) is 84.0 Å². The van der Waals surface area contributed by atoms with E-state index in [2.05, 4.69) is 12.2 Å². The first kappa shape index (κ1) is 21.9. The zero-order valence-electron chi connectivity index (χ0n) is 14.8. The van der Waals surface area contributed by atoms with Crippen LogP contribution in [0.5, 0.6) is 0 Å². The van der Waals surface area contributed by atoms with Crippen molar-refractivity contribution in [3.63, 3.8) is 0 Å². The van der Waals surface area contributed by atoms with Crippen LogP contribution in [0.25, 0.3) is 0 Å². The summed E-state index contributed by atoms with van der Waals surface area (Å²) in [5, 5.41) is 11.4. The highest BCUT2D eigenvalue weighted by molar-refractivity contribution is 5.69. The van der Waals surface area contributed by atoms with Crippen molar-refractivity contribution < 1.29 is 19.4 Å². The predicted molar refractivity (Wildman–Crippen MR) is 92.5 cm³/mol. The lowest BCUT2D eigenvalue weighted by Gasteiger charge is -2.06. The van der Waals surface area contributed by atoms with Gasteiger partial charge in [-0.2, -0.15) is 0 Å². The fraction of sp³-hybridized carbons (Fsp3) is 0.889. The summed E-state index contributed by atoms with van der Waals surface area (Å²) in [6, 6.07) is 0. The van der Waals surface area contributed by atoms with Gasteiger partial charge in [-0.05, 0) is 6.42 Å². The minimum absolute atomic E-state index is 0.0770. The van der Waals surface area contributed by atoms with Crippen LogP contribution in [-0.4, -0.2) is 36.7 Å². The monoisotopic (exact) mass is 329 g/mol. The molecule has 136 valence electrons. The Bertz CT molecular complexity index is 295. The van der Waals surface area contributed by atoms with E-state index in [1.807, 2.05) is 0 Å². The average Bonchev–Trinajstić information content (AvgIpc) is 2.52. The third-order valence-corrected chi connectivity index (χ3v) is 3.78. The van der Waals surface area contributed by atoms with E-state index < -0.39 is 5.97 Å². The quantitative estimate of drug-likeness (QED) is 0.313. The maximum absolute atomic E-state index is 11.4. The van der Waals surface area contributed by atoms with Gasteiger partial charge in [0.05, 0.1) is 19.4 Å². The molecule has 0 aromatic heterocycles. The van der Waals surface area contributed by atoms with Crippen LogP contribution in [-0.2, 0) is 14.3 Å². The van der Waals surface area contributed by atoms with E-state index in [1.165, 1.54) is 51.4 Å². The van der Waals surface area contributed by atoms with Crippen molar-refractivity contribution in [2.45, 2.75) is 84.0 Å². The molecule has 0 saturated heterocycles. The van der Waals surface area contributed by atoms with Gasteiger partial charge < -0.3 is 15.2 Å². The second-order valence-corrected chi connectivity index (χ2v) is 6.05. The van der Waals surface area contributed by atoms with Gasteiger partial charge in [-0.25, -0.2) is 0 Å². The molecule has 0 aliphatic rings. The molecule has 5 nitrogen and oxygen atoms in total. The minimum atomic E-state index is -0.832. The first-order valence-electron chi connectivity index (χ1n) is 9.25. The zero-order chi connectivity index (χ0) is 17.2. The summed E-state index contributed by atoms with van der Waals surface area (Å²) >= 11 is 0. The van der Waals surface area contributed by atoms with E-state index in [0.29, 0.717) is 26.1 Å². The second-order valence-electron chi connectivity index (χ2n) is 6.05. The number of nitrogens with one attached hydrogen (secondary N) is 1. The highest BCUT2D eigenvalue weighted by Gasteiger charge is 2.02. The normalized spacial score (nSPS) is 10.7. The smallest absolute Gasteiger partial charge is 0.307 e. The lowest BCUT2D eigenvalue weighted by Crippen LogP contribution is -2.22. The van der Waals surface area contributed by atoms with Crippen molar-refractivity contribution in [2.75, 3.05) is 19.7 Å². The van der Waals surface area contributed by atoms with Gasteiger partial charge in [0.1, 0.15) is 0 Å². The minimum Gasteiger partial charge on any atom is -0.481 e. The van der Waals surface area contributed by atoms with Gasteiger partial charge in [-0.3, -0.25) is 9.59 Å². The number of hydrogen-bond acceptors (Lipinski definition) is 4. The van der Waals surface area contributed by atoms with Gasteiger partial charge in [0.25, 0.3) is 0 Å². The third-order valence-electron chi connectivity index (χ3n) is 3.78. The Morgan fingerprint density at radius 1 is 0.826 bits per heavy atom. The fourth-order valence-corrected chi connectivity index (χ4v) is 2.36. The molecule has 0 aromatic carbocycles. The maximum atomic E-state index is 11.4. The van der Waals surface area contributed by atoms with E-state index in [0.717, 1.165) is 12.8 Å². The summed E-state index contributed by atoms with van der Waals surface area (Å²) in [7, 11) is 0. The molecule has 0 unspecified atom stereocenters. The predicted octanol–water partition coefficient (Wildman–Crippen LogP) is 3.90. The zero-order valence-corrected chi connectivity index (χ0v) is 14.8. The second kappa shape index (κ2) is 17.3. The first-order chi connectivity index (χ1) is 11.2. The Morgan fingerprint density at radius 2 is 1.35 bits per heavy atom. The van der Waals surface area contributed by atoms with E-state index in [4.69, 9.17) is 9.84 Å². The largest absolute Gasteiger partial charge is 0.481 e. The van der Waals surface area contributed by atoms with Gasteiger partial charge in [0.2, 0.25) is 0 Å². The van der Waals surface area contributed by atoms with Crippen LogP contribution in [0.4, 0.5) is 0 Å². The van der Waals surface area contributed by atoms with E-state index in [9.17, 15) is 9.59 Å². The maximum Gasteiger partial charge on any atom is 0.307 e. The van der Waals surface area contributed by atoms with Crippen molar-refractivity contribution >= 4 is 11.9 Å². The average molecular weight is 329 g/mol. The van der Waals surface area contributed by atoms with Crippen molar-refractivity contribution in [2.24, 2.45) is 0 Å². The van der Waals surface area contributed by atoms with Crippen molar-refractivity contribution in [1.29, 1.82) is 0 Å². The number of carbonyl (C=O) groups excluding carboxylic acids is 1. The van der Waals surface area contributed by atoms with Crippen LogP contribution in [0, 0.1) is 0 Å². The molecule has 5 heteroatoms. The van der Waals surface area contributed by atoms with E-state index in [1.54, 1.807) is 0 Å². The molecule has 0 bridgehead atoms. The SMILES string of the molecule is CCCCCCCCCCCCOC(=O)CCNCCC(=O)O. The first-order valence-corrected chi connectivity index (χ1v) is 9.25. The number of carbonyl (C=O) groups is 2. The summed E-state index contributed by atoms with van der Waals surface area (Å²) in [5.74, 6) is -1.04. The van der Waals surface area contributed by atoms with Gasteiger partial charge in [-0.15, -0.1) is 0 Å². The summed E-state index contributed by atoms with van der Waals surface area (Å²) in [6.45, 7) is 3.61. The van der Waals surface area contributed by atoms with Crippen LogP contribution in [0.3, 0.4) is 0 Å². The Balaban J connectivity index is 3.16. The molecule has 0 aliphatic carbocycles. The molecule has 0 aromatic rings. The highest BCUT2D eigenvalue weighted by atomic mass is 16.5. The molecule has 23 heavy (non-hydrogen) atoms. The molecule has 0 atom stereocenters. The number of carboxylic acid groups (broad SMARTS) is 1. The number of hydrogen-bond donors (Lipinski definition) is 2. The number of carboxylic acids is 1. The van der Waals surface area contributed by atoms with E-state index >= 15 is 0 Å². The Labute approximate surface area is 141 Å². The third kappa shape index (κ3) is 18.9. The fourth-order valence-electron chi connectivity index (χ4n) is 2.36. The molecule has 0 radical (unpaired) electrons. The van der Waals surface area contributed by atoms with Gasteiger partial charge in [-0.1, -0.05) is 64.7 Å². The topological polar surface area (TPSA) is 75.6 Å². The number of aliphatic carboxylic acids is 1. The Kier molecular flexibility index (Phi) is 16.4. The molecule has 0 spiro atoms. The summed E-state index contributed by atoms with van der Waals surface area (Å²) < 4.78 is 5.15. The van der Waals surface area contributed by atoms with Crippen LogP contribution in [0.2, 0.25) is 0 Å². The molecule has 0 heterocycles.